The molecule has 3 aliphatic heterocycles. The largest absolute Gasteiger partial charge is 0.451 e. The summed E-state index contributed by atoms with van der Waals surface area (Å²) in [4.78, 5) is 34.5. The number of carbonyl (C=O) groups excluding carboxylic acids is 1. The van der Waals surface area contributed by atoms with Gasteiger partial charge in [-0.15, -0.1) is 0 Å². The minimum Gasteiger partial charge on any atom is -0.451 e. The molecule has 0 radical (unpaired) electrons. The molecule has 0 aliphatic carbocycles. The number of nitrogens with one attached hydrogen (secondary N) is 1. The molecule has 1 amide bonds. The minimum atomic E-state index is -0.594. The van der Waals surface area contributed by atoms with E-state index in [-0.39, 0.29) is 28.3 Å². The average Bonchev–Trinajstić information content (AvgIpc) is 3.16. The summed E-state index contributed by atoms with van der Waals surface area (Å²) in [6, 6.07) is 27.1. The van der Waals surface area contributed by atoms with E-state index in [2.05, 4.69) is 27.2 Å². The van der Waals surface area contributed by atoms with Crippen molar-refractivity contribution >= 4 is 28.2 Å². The molecule has 2 saturated heterocycles. The average molecular weight is 660 g/mol. The predicted octanol–water partition coefficient (Wildman–Crippen LogP) is 6.00. The number of hydrogen-bond acceptors (Lipinski definition) is 7. The molecule has 3 aliphatic rings. The van der Waals surface area contributed by atoms with Crippen LogP contribution in [0.3, 0.4) is 0 Å². The number of halogens is 1. The lowest BCUT2D eigenvalue weighted by molar-refractivity contribution is 0.0378. The molecule has 9 nitrogen and oxygen atoms in total. The maximum Gasteiger partial charge on any atom is 0.259 e. The first-order valence-corrected chi connectivity index (χ1v) is 17.0. The van der Waals surface area contributed by atoms with E-state index in [1.54, 1.807) is 11.1 Å². The van der Waals surface area contributed by atoms with E-state index in [1.807, 2.05) is 71.3 Å². The highest BCUT2D eigenvalue weighted by Crippen LogP contribution is 2.46. The van der Waals surface area contributed by atoms with E-state index in [0.29, 0.717) is 49.7 Å². The molecule has 4 aromatic carbocycles. The van der Waals surface area contributed by atoms with Crippen LogP contribution in [0, 0.1) is 5.82 Å². The highest BCUT2D eigenvalue weighted by molar-refractivity contribution is 6.01. The molecule has 250 valence electrons. The Morgan fingerprint density at radius 1 is 0.837 bits per heavy atom. The molecule has 0 spiro atoms. The number of nitrogens with zero attached hydrogens (tertiary/aromatic N) is 4. The minimum absolute atomic E-state index is 0.00944. The molecular weight excluding hydrogens is 621 g/mol. The lowest BCUT2D eigenvalue weighted by Gasteiger charge is -2.36. The Labute approximate surface area is 284 Å². The summed E-state index contributed by atoms with van der Waals surface area (Å²) in [5.41, 5.74) is 3.88. The van der Waals surface area contributed by atoms with Crippen molar-refractivity contribution in [2.75, 3.05) is 75.8 Å². The SMILES string of the molecule is O=C(c1cn2c3c(c(NCCCN4CCOCC4)c(F)cc3c1=O)Oc1ccc(-c3ccccc3)cc1-2)N1CCN(c2ccccc2)CC1. The Kier molecular flexibility index (Phi) is 8.49. The zero-order valence-electron chi connectivity index (χ0n) is 27.2. The smallest absolute Gasteiger partial charge is 0.259 e. The molecule has 1 aromatic heterocycles. The van der Waals surface area contributed by atoms with Gasteiger partial charge in [-0.05, 0) is 54.4 Å². The van der Waals surface area contributed by atoms with Crippen LogP contribution in [0.4, 0.5) is 15.8 Å². The highest BCUT2D eigenvalue weighted by Gasteiger charge is 2.31. The lowest BCUT2D eigenvalue weighted by Crippen LogP contribution is -2.49. The number of carbonyl (C=O) groups is 1. The fourth-order valence-corrected chi connectivity index (χ4v) is 7.06. The summed E-state index contributed by atoms with van der Waals surface area (Å²) in [6.07, 6.45) is 2.42. The molecule has 1 N–H and O–H groups in total. The molecular formula is C39H38FN5O4. The van der Waals surface area contributed by atoms with Gasteiger partial charge >= 0.3 is 0 Å². The first kappa shape index (κ1) is 31.1. The summed E-state index contributed by atoms with van der Waals surface area (Å²) >= 11 is 0. The second kappa shape index (κ2) is 13.4. The number of pyridine rings is 1. The van der Waals surface area contributed by atoms with E-state index >= 15 is 4.39 Å². The van der Waals surface area contributed by atoms with Crippen LogP contribution in [0.5, 0.6) is 11.5 Å². The Morgan fingerprint density at radius 2 is 1.57 bits per heavy atom. The molecule has 0 bridgehead atoms. The maximum atomic E-state index is 16.0. The topological polar surface area (TPSA) is 79.3 Å². The molecule has 0 unspecified atom stereocenters. The van der Waals surface area contributed by atoms with Crippen molar-refractivity contribution in [3.05, 3.63) is 113 Å². The maximum absolute atomic E-state index is 16.0. The van der Waals surface area contributed by atoms with Gasteiger partial charge in [-0.3, -0.25) is 14.5 Å². The van der Waals surface area contributed by atoms with Crippen molar-refractivity contribution in [2.24, 2.45) is 0 Å². The number of ether oxygens (including phenoxy) is 2. The molecule has 0 saturated carbocycles. The number of hydrogen-bond donors (Lipinski definition) is 1. The number of fused-ring (bicyclic) bond motifs is 2. The number of aromatic nitrogens is 1. The van der Waals surface area contributed by atoms with Gasteiger partial charge in [0.25, 0.3) is 5.91 Å². The number of anilines is 2. The Balaban J connectivity index is 1.16. The first-order valence-electron chi connectivity index (χ1n) is 17.0. The van der Waals surface area contributed by atoms with Crippen LogP contribution in [0.2, 0.25) is 0 Å². The number of benzene rings is 4. The van der Waals surface area contributed by atoms with Gasteiger partial charge < -0.3 is 29.2 Å². The van der Waals surface area contributed by atoms with E-state index in [9.17, 15) is 9.59 Å². The monoisotopic (exact) mass is 659 g/mol. The third kappa shape index (κ3) is 6.02. The Hall–Kier alpha value is -5.19. The van der Waals surface area contributed by atoms with Crippen LogP contribution in [-0.4, -0.2) is 85.8 Å². The van der Waals surface area contributed by atoms with Gasteiger partial charge in [-0.1, -0.05) is 54.6 Å². The van der Waals surface area contributed by atoms with Crippen LogP contribution >= 0.6 is 0 Å². The normalized spacial score (nSPS) is 15.9. The predicted molar refractivity (Wildman–Crippen MR) is 190 cm³/mol. The van der Waals surface area contributed by atoms with Crippen LogP contribution in [0.25, 0.3) is 27.7 Å². The first-order chi connectivity index (χ1) is 24.0. The van der Waals surface area contributed by atoms with Crippen molar-refractivity contribution in [1.82, 2.24) is 14.4 Å². The van der Waals surface area contributed by atoms with Gasteiger partial charge in [0.05, 0.1) is 24.3 Å². The van der Waals surface area contributed by atoms with Gasteiger partial charge in [-0.2, -0.15) is 0 Å². The summed E-state index contributed by atoms with van der Waals surface area (Å²) in [6.45, 7) is 6.83. The number of amides is 1. The van der Waals surface area contributed by atoms with Gasteiger partial charge in [0.15, 0.2) is 17.3 Å². The Morgan fingerprint density at radius 3 is 2.33 bits per heavy atom. The number of para-hydroxylation sites is 1. The van der Waals surface area contributed by atoms with Crippen LogP contribution in [0.1, 0.15) is 16.8 Å². The second-order valence-electron chi connectivity index (χ2n) is 12.7. The van der Waals surface area contributed by atoms with Crippen molar-refractivity contribution in [3.8, 4) is 28.3 Å². The van der Waals surface area contributed by atoms with Gasteiger partial charge in [-0.25, -0.2) is 4.39 Å². The van der Waals surface area contributed by atoms with Gasteiger partial charge in [0.2, 0.25) is 5.43 Å². The quantitative estimate of drug-likeness (QED) is 0.201. The fourth-order valence-electron chi connectivity index (χ4n) is 7.06. The Bertz CT molecular complexity index is 2060. The molecule has 2 fully saturated rings. The molecule has 8 rings (SSSR count). The zero-order valence-corrected chi connectivity index (χ0v) is 27.2. The summed E-state index contributed by atoms with van der Waals surface area (Å²) in [5.74, 6) is -0.200. The third-order valence-electron chi connectivity index (χ3n) is 9.71. The number of rotatable bonds is 8. The van der Waals surface area contributed by atoms with E-state index in [1.165, 1.54) is 6.07 Å². The fraction of sp³-hybridized carbons (Fsp3) is 0.282. The van der Waals surface area contributed by atoms with E-state index < -0.39 is 11.2 Å². The zero-order chi connectivity index (χ0) is 33.3. The summed E-state index contributed by atoms with van der Waals surface area (Å²) in [5, 5.41) is 3.37. The van der Waals surface area contributed by atoms with Crippen LogP contribution in [-0.2, 0) is 4.74 Å². The van der Waals surface area contributed by atoms with Gasteiger partial charge in [0, 0.05) is 57.7 Å². The highest BCUT2D eigenvalue weighted by atomic mass is 19.1. The molecule has 5 aromatic rings. The summed E-state index contributed by atoms with van der Waals surface area (Å²) < 4.78 is 29.7. The van der Waals surface area contributed by atoms with Crippen molar-refractivity contribution in [2.45, 2.75) is 6.42 Å². The van der Waals surface area contributed by atoms with Crippen molar-refractivity contribution in [1.29, 1.82) is 0 Å². The van der Waals surface area contributed by atoms with Gasteiger partial charge in [0.1, 0.15) is 16.8 Å². The number of morpholine rings is 1. The van der Waals surface area contributed by atoms with Crippen molar-refractivity contribution < 1.29 is 18.7 Å². The molecule has 10 heteroatoms. The molecule has 4 heterocycles. The van der Waals surface area contributed by atoms with Crippen LogP contribution < -0.4 is 20.4 Å². The van der Waals surface area contributed by atoms with E-state index in [4.69, 9.17) is 9.47 Å². The third-order valence-corrected chi connectivity index (χ3v) is 9.71. The number of piperazine rings is 1. The van der Waals surface area contributed by atoms with Crippen LogP contribution in [0.15, 0.2) is 95.9 Å². The second-order valence-corrected chi connectivity index (χ2v) is 12.7. The van der Waals surface area contributed by atoms with E-state index in [0.717, 1.165) is 56.1 Å². The standard InChI is InChI=1S/C39H38FN5O4/c40-32-25-30-36-38(35(32)41-14-7-15-42-20-22-48-23-21-42)49-34-13-12-28(27-8-3-1-4-9-27)24-33(34)45(36)26-31(37(30)46)39(47)44-18-16-43(17-19-44)29-10-5-2-6-11-29/h1-6,8-13,24-26,41H,7,14-23H2. The summed E-state index contributed by atoms with van der Waals surface area (Å²) in [7, 11) is 0. The molecule has 49 heavy (non-hydrogen) atoms. The van der Waals surface area contributed by atoms with Crippen molar-refractivity contribution in [3.63, 3.8) is 0 Å². The molecule has 0 atom stereocenters. The lowest BCUT2D eigenvalue weighted by atomic mass is 10.0.